The maximum absolute atomic E-state index is 11.4. The van der Waals surface area contributed by atoms with Crippen molar-refractivity contribution in [1.29, 1.82) is 0 Å². The standard InChI is InChI=1S/C12H14O3/c1-4-9(2)12(13)15-11-7-5-6-10(8-11)14-3/h5-8H,2,4H2,1,3H3. The van der Waals surface area contributed by atoms with Crippen molar-refractivity contribution in [3.63, 3.8) is 0 Å². The molecule has 0 bridgehead atoms. The molecule has 0 aliphatic rings. The lowest BCUT2D eigenvalue weighted by atomic mass is 10.2. The fourth-order valence-electron chi connectivity index (χ4n) is 0.988. The summed E-state index contributed by atoms with van der Waals surface area (Å²) in [4.78, 5) is 11.4. The van der Waals surface area contributed by atoms with Crippen LogP contribution in [0.15, 0.2) is 36.4 Å². The minimum absolute atomic E-state index is 0.397. The summed E-state index contributed by atoms with van der Waals surface area (Å²) in [6.07, 6.45) is 0.586. The van der Waals surface area contributed by atoms with Crippen LogP contribution in [0.5, 0.6) is 11.5 Å². The maximum atomic E-state index is 11.4. The summed E-state index contributed by atoms with van der Waals surface area (Å²) in [6.45, 7) is 5.46. The lowest BCUT2D eigenvalue weighted by molar-refractivity contribution is -0.130. The molecule has 0 aliphatic heterocycles. The van der Waals surface area contributed by atoms with Crippen molar-refractivity contribution in [3.8, 4) is 11.5 Å². The average Bonchev–Trinajstić information content (AvgIpc) is 2.28. The van der Waals surface area contributed by atoms with Crippen molar-refractivity contribution in [2.45, 2.75) is 13.3 Å². The van der Waals surface area contributed by atoms with Crippen molar-refractivity contribution in [2.75, 3.05) is 7.11 Å². The zero-order valence-electron chi connectivity index (χ0n) is 8.95. The normalized spacial score (nSPS) is 9.47. The van der Waals surface area contributed by atoms with Gasteiger partial charge < -0.3 is 9.47 Å². The zero-order chi connectivity index (χ0) is 11.3. The zero-order valence-corrected chi connectivity index (χ0v) is 8.95. The van der Waals surface area contributed by atoms with Crippen molar-refractivity contribution in [3.05, 3.63) is 36.4 Å². The van der Waals surface area contributed by atoms with Crippen LogP contribution in [0.2, 0.25) is 0 Å². The summed E-state index contributed by atoms with van der Waals surface area (Å²) in [7, 11) is 1.56. The molecule has 1 rings (SSSR count). The van der Waals surface area contributed by atoms with E-state index in [1.807, 2.05) is 6.92 Å². The highest BCUT2D eigenvalue weighted by Gasteiger charge is 2.07. The second-order valence-corrected chi connectivity index (χ2v) is 3.03. The van der Waals surface area contributed by atoms with E-state index in [9.17, 15) is 4.79 Å². The number of rotatable bonds is 4. The van der Waals surface area contributed by atoms with E-state index in [0.717, 1.165) is 0 Å². The molecule has 0 amide bonds. The highest BCUT2D eigenvalue weighted by Crippen LogP contribution is 2.19. The second-order valence-electron chi connectivity index (χ2n) is 3.03. The quantitative estimate of drug-likeness (QED) is 0.431. The molecule has 1 aromatic carbocycles. The summed E-state index contributed by atoms with van der Waals surface area (Å²) < 4.78 is 10.1. The number of carbonyl (C=O) groups excluding carboxylic acids is 1. The van der Waals surface area contributed by atoms with Crippen molar-refractivity contribution in [1.82, 2.24) is 0 Å². The molecule has 3 nitrogen and oxygen atoms in total. The van der Waals surface area contributed by atoms with Gasteiger partial charge in [-0.25, -0.2) is 4.79 Å². The van der Waals surface area contributed by atoms with Crippen molar-refractivity contribution < 1.29 is 14.3 Å². The lowest BCUT2D eigenvalue weighted by Crippen LogP contribution is -2.09. The molecule has 0 fully saturated rings. The third kappa shape index (κ3) is 3.13. The van der Waals surface area contributed by atoms with Crippen LogP contribution in [0.1, 0.15) is 13.3 Å². The van der Waals surface area contributed by atoms with E-state index in [1.54, 1.807) is 31.4 Å². The van der Waals surface area contributed by atoms with Gasteiger partial charge in [0.2, 0.25) is 0 Å². The molecule has 80 valence electrons. The summed E-state index contributed by atoms with van der Waals surface area (Å²) in [5.74, 6) is 0.724. The van der Waals surface area contributed by atoms with Crippen LogP contribution >= 0.6 is 0 Å². The van der Waals surface area contributed by atoms with E-state index in [0.29, 0.717) is 23.5 Å². The van der Waals surface area contributed by atoms with E-state index < -0.39 is 5.97 Å². The molecule has 0 aromatic heterocycles. The smallest absolute Gasteiger partial charge is 0.338 e. The Balaban J connectivity index is 2.72. The molecule has 0 saturated carbocycles. The van der Waals surface area contributed by atoms with E-state index in [-0.39, 0.29) is 0 Å². The van der Waals surface area contributed by atoms with Gasteiger partial charge in [0.15, 0.2) is 0 Å². The molecule has 0 unspecified atom stereocenters. The summed E-state index contributed by atoms with van der Waals surface area (Å²) in [6, 6.07) is 6.90. The van der Waals surface area contributed by atoms with Gasteiger partial charge in [0, 0.05) is 11.6 Å². The molecule has 0 saturated heterocycles. The van der Waals surface area contributed by atoms with Crippen LogP contribution < -0.4 is 9.47 Å². The van der Waals surface area contributed by atoms with Gasteiger partial charge in [0.25, 0.3) is 0 Å². The number of hydrogen-bond acceptors (Lipinski definition) is 3. The van der Waals surface area contributed by atoms with Crippen LogP contribution in [0.3, 0.4) is 0 Å². The minimum atomic E-state index is -0.397. The maximum Gasteiger partial charge on any atom is 0.338 e. The Morgan fingerprint density at radius 3 is 2.67 bits per heavy atom. The fraction of sp³-hybridized carbons (Fsp3) is 0.250. The van der Waals surface area contributed by atoms with Gasteiger partial charge in [-0.3, -0.25) is 0 Å². The monoisotopic (exact) mass is 206 g/mol. The third-order valence-electron chi connectivity index (χ3n) is 1.97. The largest absolute Gasteiger partial charge is 0.497 e. The Hall–Kier alpha value is -1.77. The molecule has 3 heteroatoms. The first-order valence-electron chi connectivity index (χ1n) is 4.71. The average molecular weight is 206 g/mol. The Morgan fingerprint density at radius 2 is 2.07 bits per heavy atom. The Labute approximate surface area is 89.3 Å². The molecule has 0 aliphatic carbocycles. The predicted molar refractivity (Wildman–Crippen MR) is 58.1 cm³/mol. The molecule has 15 heavy (non-hydrogen) atoms. The summed E-state index contributed by atoms with van der Waals surface area (Å²) >= 11 is 0. The number of hydrogen-bond donors (Lipinski definition) is 0. The van der Waals surface area contributed by atoms with E-state index >= 15 is 0 Å². The molecular formula is C12H14O3. The van der Waals surface area contributed by atoms with E-state index in [2.05, 4.69) is 6.58 Å². The van der Waals surface area contributed by atoms with Crippen LogP contribution in [-0.2, 0) is 4.79 Å². The van der Waals surface area contributed by atoms with Crippen molar-refractivity contribution >= 4 is 5.97 Å². The van der Waals surface area contributed by atoms with Gasteiger partial charge in [0.1, 0.15) is 11.5 Å². The van der Waals surface area contributed by atoms with E-state index in [4.69, 9.17) is 9.47 Å². The van der Waals surface area contributed by atoms with Gasteiger partial charge in [-0.1, -0.05) is 19.6 Å². The minimum Gasteiger partial charge on any atom is -0.497 e. The molecule has 0 atom stereocenters. The number of ether oxygens (including phenoxy) is 2. The van der Waals surface area contributed by atoms with E-state index in [1.165, 1.54) is 0 Å². The third-order valence-corrected chi connectivity index (χ3v) is 1.97. The summed E-state index contributed by atoms with van der Waals surface area (Å²) in [5.41, 5.74) is 0.456. The van der Waals surface area contributed by atoms with Gasteiger partial charge in [0.05, 0.1) is 7.11 Å². The number of carbonyl (C=O) groups is 1. The molecule has 0 spiro atoms. The van der Waals surface area contributed by atoms with Gasteiger partial charge in [-0.15, -0.1) is 0 Å². The molecule has 0 N–H and O–H groups in total. The number of benzene rings is 1. The number of esters is 1. The first-order chi connectivity index (χ1) is 7.17. The highest BCUT2D eigenvalue weighted by atomic mass is 16.5. The van der Waals surface area contributed by atoms with Crippen LogP contribution in [-0.4, -0.2) is 13.1 Å². The Kier molecular flexibility index (Phi) is 3.92. The molecule has 0 radical (unpaired) electrons. The second kappa shape index (κ2) is 5.20. The number of methoxy groups -OCH3 is 1. The topological polar surface area (TPSA) is 35.5 Å². The first-order valence-corrected chi connectivity index (χ1v) is 4.71. The van der Waals surface area contributed by atoms with Gasteiger partial charge in [-0.2, -0.15) is 0 Å². The fourth-order valence-corrected chi connectivity index (χ4v) is 0.988. The Morgan fingerprint density at radius 1 is 1.40 bits per heavy atom. The van der Waals surface area contributed by atoms with Crippen LogP contribution in [0.4, 0.5) is 0 Å². The Bertz CT molecular complexity index is 369. The predicted octanol–water partition coefficient (Wildman–Crippen LogP) is 2.57. The van der Waals surface area contributed by atoms with Crippen molar-refractivity contribution in [2.24, 2.45) is 0 Å². The van der Waals surface area contributed by atoms with Crippen LogP contribution in [0.25, 0.3) is 0 Å². The molecule has 0 heterocycles. The first kappa shape index (κ1) is 11.3. The highest BCUT2D eigenvalue weighted by molar-refractivity contribution is 5.89. The lowest BCUT2D eigenvalue weighted by Gasteiger charge is -2.06. The molecular weight excluding hydrogens is 192 g/mol. The molecule has 1 aromatic rings. The summed E-state index contributed by atoms with van der Waals surface area (Å²) in [5, 5.41) is 0. The van der Waals surface area contributed by atoms with Gasteiger partial charge >= 0.3 is 5.97 Å². The van der Waals surface area contributed by atoms with Gasteiger partial charge in [-0.05, 0) is 18.6 Å². The van der Waals surface area contributed by atoms with Crippen LogP contribution in [0, 0.1) is 0 Å². The SMILES string of the molecule is C=C(CC)C(=O)Oc1cccc(OC)c1.